The summed E-state index contributed by atoms with van der Waals surface area (Å²) in [7, 11) is 3.09. The third-order valence-electron chi connectivity index (χ3n) is 4.56. The molecule has 6 nitrogen and oxygen atoms in total. The highest BCUT2D eigenvalue weighted by molar-refractivity contribution is 6.33. The molecule has 0 aliphatic carbocycles. The van der Waals surface area contributed by atoms with E-state index in [0.29, 0.717) is 53.8 Å². The zero-order valence-corrected chi connectivity index (χ0v) is 16.0. The minimum absolute atomic E-state index is 0.114. The molecule has 0 atom stereocenters. The topological polar surface area (TPSA) is 59.1 Å². The third kappa shape index (κ3) is 4.17. The van der Waals surface area contributed by atoms with E-state index < -0.39 is 0 Å². The van der Waals surface area contributed by atoms with Gasteiger partial charge in [-0.3, -0.25) is 9.59 Å². The SMILES string of the molecule is COc1cc(OC)cc(C(=O)N2CCN(C(=O)c3ccccc3Cl)CC2)c1. The van der Waals surface area contributed by atoms with Gasteiger partial charge in [-0.15, -0.1) is 0 Å². The van der Waals surface area contributed by atoms with Crippen LogP contribution in [0.5, 0.6) is 11.5 Å². The van der Waals surface area contributed by atoms with Crippen LogP contribution in [0, 0.1) is 0 Å². The fourth-order valence-corrected chi connectivity index (χ4v) is 3.25. The molecule has 2 aromatic rings. The van der Waals surface area contributed by atoms with Crippen LogP contribution in [0.3, 0.4) is 0 Å². The van der Waals surface area contributed by atoms with Crippen LogP contribution in [0.25, 0.3) is 0 Å². The van der Waals surface area contributed by atoms with Crippen molar-refractivity contribution in [1.82, 2.24) is 9.80 Å². The van der Waals surface area contributed by atoms with Crippen molar-refractivity contribution in [2.24, 2.45) is 0 Å². The average Bonchev–Trinajstić information content (AvgIpc) is 2.72. The first-order valence-corrected chi connectivity index (χ1v) is 8.97. The first-order valence-electron chi connectivity index (χ1n) is 8.59. The van der Waals surface area contributed by atoms with Crippen molar-refractivity contribution >= 4 is 23.4 Å². The van der Waals surface area contributed by atoms with Crippen molar-refractivity contribution in [3.05, 3.63) is 58.6 Å². The molecule has 0 aromatic heterocycles. The molecular weight excluding hydrogens is 368 g/mol. The van der Waals surface area contributed by atoms with Gasteiger partial charge in [0.25, 0.3) is 11.8 Å². The number of hydrogen-bond acceptors (Lipinski definition) is 4. The van der Waals surface area contributed by atoms with Gasteiger partial charge in [0.15, 0.2) is 0 Å². The molecule has 3 rings (SSSR count). The molecule has 0 N–H and O–H groups in total. The third-order valence-corrected chi connectivity index (χ3v) is 4.89. The van der Waals surface area contributed by atoms with Gasteiger partial charge in [0.1, 0.15) is 11.5 Å². The Kier molecular flexibility index (Phi) is 5.86. The largest absolute Gasteiger partial charge is 0.497 e. The number of nitrogens with zero attached hydrogens (tertiary/aromatic N) is 2. The highest BCUT2D eigenvalue weighted by Crippen LogP contribution is 2.24. The first kappa shape index (κ1) is 19.0. The predicted octanol–water partition coefficient (Wildman–Crippen LogP) is 2.96. The summed E-state index contributed by atoms with van der Waals surface area (Å²) in [6.07, 6.45) is 0. The number of piperazine rings is 1. The molecule has 0 unspecified atom stereocenters. The smallest absolute Gasteiger partial charge is 0.255 e. The van der Waals surface area contributed by atoms with Crippen LogP contribution in [0.15, 0.2) is 42.5 Å². The lowest BCUT2D eigenvalue weighted by Gasteiger charge is -2.35. The number of ether oxygens (including phenoxy) is 2. The van der Waals surface area contributed by atoms with E-state index in [1.807, 2.05) is 0 Å². The molecular formula is C20H21ClN2O4. The molecule has 0 saturated carbocycles. The molecule has 27 heavy (non-hydrogen) atoms. The second-order valence-electron chi connectivity index (χ2n) is 6.17. The summed E-state index contributed by atoms with van der Waals surface area (Å²) in [6.45, 7) is 1.82. The molecule has 0 bridgehead atoms. The van der Waals surface area contributed by atoms with Crippen molar-refractivity contribution < 1.29 is 19.1 Å². The maximum atomic E-state index is 12.8. The van der Waals surface area contributed by atoms with E-state index in [1.165, 1.54) is 0 Å². The molecule has 1 aliphatic heterocycles. The Labute approximate surface area is 163 Å². The lowest BCUT2D eigenvalue weighted by Crippen LogP contribution is -2.50. The zero-order valence-electron chi connectivity index (χ0n) is 15.3. The van der Waals surface area contributed by atoms with Gasteiger partial charge in [-0.05, 0) is 24.3 Å². The number of amides is 2. The number of hydrogen-bond donors (Lipinski definition) is 0. The van der Waals surface area contributed by atoms with Crippen LogP contribution in [0.4, 0.5) is 0 Å². The number of benzene rings is 2. The monoisotopic (exact) mass is 388 g/mol. The average molecular weight is 389 g/mol. The molecule has 2 aromatic carbocycles. The molecule has 1 heterocycles. The van der Waals surface area contributed by atoms with Crippen molar-refractivity contribution in [3.8, 4) is 11.5 Å². The van der Waals surface area contributed by atoms with Crippen molar-refractivity contribution in [2.45, 2.75) is 0 Å². The Morgan fingerprint density at radius 1 is 0.852 bits per heavy atom. The number of halogens is 1. The number of methoxy groups -OCH3 is 2. The molecule has 142 valence electrons. The van der Waals surface area contributed by atoms with Gasteiger partial charge >= 0.3 is 0 Å². The van der Waals surface area contributed by atoms with Gasteiger partial charge in [0, 0.05) is 37.8 Å². The Morgan fingerprint density at radius 3 is 1.89 bits per heavy atom. The van der Waals surface area contributed by atoms with E-state index in [9.17, 15) is 9.59 Å². The quantitative estimate of drug-likeness (QED) is 0.808. The van der Waals surface area contributed by atoms with Crippen molar-refractivity contribution in [3.63, 3.8) is 0 Å². The van der Waals surface area contributed by atoms with E-state index in [-0.39, 0.29) is 11.8 Å². The maximum absolute atomic E-state index is 12.8. The summed E-state index contributed by atoms with van der Waals surface area (Å²) >= 11 is 6.12. The number of carbonyl (C=O) groups excluding carboxylic acids is 2. The van der Waals surface area contributed by atoms with Gasteiger partial charge in [-0.2, -0.15) is 0 Å². The van der Waals surface area contributed by atoms with Crippen LogP contribution >= 0.6 is 11.6 Å². The minimum Gasteiger partial charge on any atom is -0.497 e. The summed E-state index contributed by atoms with van der Waals surface area (Å²) in [4.78, 5) is 28.9. The van der Waals surface area contributed by atoms with Crippen LogP contribution < -0.4 is 9.47 Å². The fourth-order valence-electron chi connectivity index (χ4n) is 3.03. The minimum atomic E-state index is -0.115. The molecule has 7 heteroatoms. The van der Waals surface area contributed by atoms with Gasteiger partial charge in [-0.25, -0.2) is 0 Å². The lowest BCUT2D eigenvalue weighted by atomic mass is 10.1. The Hall–Kier alpha value is -2.73. The van der Waals surface area contributed by atoms with Gasteiger partial charge in [-0.1, -0.05) is 23.7 Å². The molecule has 1 aliphatic rings. The number of rotatable bonds is 4. The second kappa shape index (κ2) is 8.31. The number of carbonyl (C=O) groups is 2. The molecule has 0 radical (unpaired) electrons. The van der Waals surface area contributed by atoms with Gasteiger partial charge in [0.05, 0.1) is 24.8 Å². The van der Waals surface area contributed by atoms with Crippen LogP contribution in [-0.4, -0.2) is 62.0 Å². The van der Waals surface area contributed by atoms with Crippen molar-refractivity contribution in [2.75, 3.05) is 40.4 Å². The molecule has 0 spiro atoms. The normalized spacial score (nSPS) is 14.0. The Balaban J connectivity index is 1.68. The standard InChI is InChI=1S/C20H21ClN2O4/c1-26-15-11-14(12-16(13-15)27-2)19(24)22-7-9-23(10-8-22)20(25)17-5-3-4-6-18(17)21/h3-6,11-13H,7-10H2,1-2H3. The summed E-state index contributed by atoms with van der Waals surface area (Å²) in [5.74, 6) is 0.892. The summed E-state index contributed by atoms with van der Waals surface area (Å²) in [5, 5.41) is 0.435. The molecule has 1 saturated heterocycles. The van der Waals surface area contributed by atoms with Gasteiger partial charge < -0.3 is 19.3 Å². The second-order valence-corrected chi connectivity index (χ2v) is 6.57. The Bertz CT molecular complexity index is 825. The van der Waals surface area contributed by atoms with E-state index in [0.717, 1.165) is 0 Å². The van der Waals surface area contributed by atoms with Gasteiger partial charge in [0.2, 0.25) is 0 Å². The van der Waals surface area contributed by atoms with E-state index >= 15 is 0 Å². The zero-order chi connectivity index (χ0) is 19.4. The Morgan fingerprint density at radius 2 is 1.37 bits per heavy atom. The fraction of sp³-hybridized carbons (Fsp3) is 0.300. The van der Waals surface area contributed by atoms with E-state index in [1.54, 1.807) is 66.5 Å². The first-order chi connectivity index (χ1) is 13.0. The maximum Gasteiger partial charge on any atom is 0.255 e. The highest BCUT2D eigenvalue weighted by Gasteiger charge is 2.26. The van der Waals surface area contributed by atoms with Crippen molar-refractivity contribution in [1.29, 1.82) is 0 Å². The molecule has 1 fully saturated rings. The lowest BCUT2D eigenvalue weighted by molar-refractivity contribution is 0.0535. The van der Waals surface area contributed by atoms with Crippen LogP contribution in [-0.2, 0) is 0 Å². The predicted molar refractivity (Wildman–Crippen MR) is 103 cm³/mol. The van der Waals surface area contributed by atoms with Crippen LogP contribution in [0.1, 0.15) is 20.7 Å². The summed E-state index contributed by atoms with van der Waals surface area (Å²) in [6, 6.07) is 12.1. The summed E-state index contributed by atoms with van der Waals surface area (Å²) in [5.41, 5.74) is 0.980. The van der Waals surface area contributed by atoms with Crippen LogP contribution in [0.2, 0.25) is 5.02 Å². The highest BCUT2D eigenvalue weighted by atomic mass is 35.5. The summed E-state index contributed by atoms with van der Waals surface area (Å²) < 4.78 is 10.5. The van der Waals surface area contributed by atoms with E-state index in [2.05, 4.69) is 0 Å². The van der Waals surface area contributed by atoms with E-state index in [4.69, 9.17) is 21.1 Å². The molecule has 2 amide bonds.